The molecule has 0 aliphatic rings. The summed E-state index contributed by atoms with van der Waals surface area (Å²) in [5, 5.41) is -4.00. The summed E-state index contributed by atoms with van der Waals surface area (Å²) in [5.41, 5.74) is 0.153. The van der Waals surface area contributed by atoms with Crippen molar-refractivity contribution in [2.24, 2.45) is 0 Å². The van der Waals surface area contributed by atoms with E-state index in [0.29, 0.717) is 5.75 Å². The fraction of sp³-hybridized carbons (Fsp3) is 0.273. The fourth-order valence-corrected chi connectivity index (χ4v) is 1.19. The van der Waals surface area contributed by atoms with Gasteiger partial charge >= 0.3 is 5.38 Å². The topological polar surface area (TPSA) is 43.4 Å². The lowest BCUT2D eigenvalue weighted by molar-refractivity contribution is -0.132. The molecule has 1 rings (SSSR count). The molecule has 1 aromatic rings. The maximum atomic E-state index is 12.4. The average molecular weight is 263 g/mol. The van der Waals surface area contributed by atoms with Crippen LogP contribution in [0.25, 0.3) is 0 Å². The minimum atomic E-state index is -4.00. The Labute approximate surface area is 101 Å². The molecule has 0 radical (unpaired) electrons. The quantitative estimate of drug-likeness (QED) is 0.465. The standard InChI is InChI=1S/C11H9ClF2O3/c1-17-8-4-2-7(3-5-8)9(15)6-10(16)11(12,13)14/h2-5H,6H2,1H3. The first-order valence-electron chi connectivity index (χ1n) is 4.62. The molecule has 0 atom stereocenters. The van der Waals surface area contributed by atoms with Gasteiger partial charge in [0.25, 0.3) is 0 Å². The van der Waals surface area contributed by atoms with E-state index in [-0.39, 0.29) is 5.56 Å². The van der Waals surface area contributed by atoms with E-state index in [0.717, 1.165) is 0 Å². The van der Waals surface area contributed by atoms with Gasteiger partial charge in [-0.3, -0.25) is 9.59 Å². The Kier molecular flexibility index (Phi) is 4.17. The third kappa shape index (κ3) is 3.78. The van der Waals surface area contributed by atoms with E-state index in [1.165, 1.54) is 31.4 Å². The van der Waals surface area contributed by atoms with Gasteiger partial charge in [0, 0.05) is 5.56 Å². The van der Waals surface area contributed by atoms with Gasteiger partial charge in [-0.15, -0.1) is 0 Å². The van der Waals surface area contributed by atoms with Gasteiger partial charge in [-0.2, -0.15) is 8.78 Å². The van der Waals surface area contributed by atoms with E-state index >= 15 is 0 Å². The van der Waals surface area contributed by atoms with Crippen LogP contribution in [0.5, 0.6) is 5.75 Å². The zero-order valence-electron chi connectivity index (χ0n) is 8.88. The molecule has 0 spiro atoms. The smallest absolute Gasteiger partial charge is 0.380 e. The summed E-state index contributed by atoms with van der Waals surface area (Å²) in [5.74, 6) is -1.80. The summed E-state index contributed by atoms with van der Waals surface area (Å²) in [6.07, 6.45) is -0.928. The van der Waals surface area contributed by atoms with Crippen LogP contribution < -0.4 is 4.74 Å². The minimum Gasteiger partial charge on any atom is -0.497 e. The highest BCUT2D eigenvalue weighted by atomic mass is 35.5. The molecule has 3 nitrogen and oxygen atoms in total. The van der Waals surface area contributed by atoms with Crippen molar-refractivity contribution in [2.45, 2.75) is 11.8 Å². The number of benzene rings is 1. The van der Waals surface area contributed by atoms with Crippen LogP contribution in [0.2, 0.25) is 0 Å². The summed E-state index contributed by atoms with van der Waals surface area (Å²) < 4.78 is 29.6. The van der Waals surface area contributed by atoms with Gasteiger partial charge in [0.2, 0.25) is 5.78 Å². The van der Waals surface area contributed by atoms with Crippen LogP contribution in [0.3, 0.4) is 0 Å². The Balaban J connectivity index is 2.73. The average Bonchev–Trinajstić information content (AvgIpc) is 2.27. The van der Waals surface area contributed by atoms with Crippen LogP contribution in [0.15, 0.2) is 24.3 Å². The summed E-state index contributed by atoms with van der Waals surface area (Å²) in [4.78, 5) is 22.3. The van der Waals surface area contributed by atoms with Crippen LogP contribution in [0.1, 0.15) is 16.8 Å². The van der Waals surface area contributed by atoms with Crippen molar-refractivity contribution >= 4 is 23.2 Å². The van der Waals surface area contributed by atoms with Crippen molar-refractivity contribution in [2.75, 3.05) is 7.11 Å². The Morgan fingerprint density at radius 2 is 1.82 bits per heavy atom. The molecule has 0 unspecified atom stereocenters. The third-order valence-electron chi connectivity index (χ3n) is 2.05. The van der Waals surface area contributed by atoms with Crippen molar-refractivity contribution in [3.63, 3.8) is 0 Å². The Hall–Kier alpha value is -1.49. The van der Waals surface area contributed by atoms with E-state index in [4.69, 9.17) is 4.74 Å². The molecule has 1 aromatic carbocycles. The van der Waals surface area contributed by atoms with Gasteiger partial charge in [0.1, 0.15) is 5.75 Å². The van der Waals surface area contributed by atoms with E-state index < -0.39 is 23.4 Å². The molecule has 6 heteroatoms. The van der Waals surface area contributed by atoms with E-state index in [1.54, 1.807) is 0 Å². The van der Waals surface area contributed by atoms with E-state index in [2.05, 4.69) is 11.6 Å². The number of methoxy groups -OCH3 is 1. The molecule has 0 amide bonds. The number of ketones is 2. The molecule has 0 saturated carbocycles. The molecule has 17 heavy (non-hydrogen) atoms. The molecular weight excluding hydrogens is 254 g/mol. The summed E-state index contributed by atoms with van der Waals surface area (Å²) in [7, 11) is 1.45. The zero-order valence-corrected chi connectivity index (χ0v) is 9.63. The normalized spacial score (nSPS) is 11.1. The number of hydrogen-bond acceptors (Lipinski definition) is 3. The van der Waals surface area contributed by atoms with E-state index in [9.17, 15) is 18.4 Å². The van der Waals surface area contributed by atoms with Crippen molar-refractivity contribution < 1.29 is 23.1 Å². The number of carbonyl (C=O) groups is 2. The number of rotatable bonds is 5. The molecular formula is C11H9ClF2O3. The van der Waals surface area contributed by atoms with Crippen LogP contribution in [0, 0.1) is 0 Å². The summed E-state index contributed by atoms with van der Waals surface area (Å²) in [6.45, 7) is 0. The molecule has 0 aliphatic carbocycles. The highest BCUT2D eigenvalue weighted by Crippen LogP contribution is 2.22. The van der Waals surface area contributed by atoms with Gasteiger partial charge in [-0.25, -0.2) is 0 Å². The first kappa shape index (κ1) is 13.6. The van der Waals surface area contributed by atoms with Crippen molar-refractivity contribution in [1.82, 2.24) is 0 Å². The molecule has 0 heterocycles. The number of hydrogen-bond donors (Lipinski definition) is 0. The predicted octanol–water partition coefficient (Wildman–Crippen LogP) is 2.67. The van der Waals surface area contributed by atoms with Gasteiger partial charge in [-0.05, 0) is 35.9 Å². The SMILES string of the molecule is COc1ccc(C(=O)CC(=O)C(F)(F)Cl)cc1. The Morgan fingerprint density at radius 3 is 2.24 bits per heavy atom. The van der Waals surface area contributed by atoms with Crippen LogP contribution >= 0.6 is 11.6 Å². The number of Topliss-reactive ketones (excluding diaryl/α,β-unsaturated/α-hetero) is 2. The van der Waals surface area contributed by atoms with Crippen molar-refractivity contribution in [1.29, 1.82) is 0 Å². The second kappa shape index (κ2) is 5.23. The van der Waals surface area contributed by atoms with Crippen LogP contribution in [0.4, 0.5) is 8.78 Å². The Bertz CT molecular complexity index is 423. The number of halogens is 3. The number of ether oxygens (including phenoxy) is 1. The number of carbonyl (C=O) groups excluding carboxylic acids is 2. The summed E-state index contributed by atoms with van der Waals surface area (Å²) in [6, 6.07) is 5.77. The first-order chi connectivity index (χ1) is 7.84. The van der Waals surface area contributed by atoms with Crippen LogP contribution in [-0.4, -0.2) is 24.1 Å². The second-order valence-electron chi connectivity index (χ2n) is 3.25. The zero-order chi connectivity index (χ0) is 13.1. The lowest BCUT2D eigenvalue weighted by atomic mass is 10.1. The minimum absolute atomic E-state index is 0.153. The molecule has 0 bridgehead atoms. The highest BCUT2D eigenvalue weighted by Gasteiger charge is 2.36. The molecule has 0 saturated heterocycles. The molecule has 0 fully saturated rings. The Morgan fingerprint density at radius 1 is 1.29 bits per heavy atom. The maximum absolute atomic E-state index is 12.4. The molecule has 0 N–H and O–H groups in total. The largest absolute Gasteiger partial charge is 0.497 e. The first-order valence-corrected chi connectivity index (χ1v) is 4.99. The molecule has 0 aromatic heterocycles. The van der Waals surface area contributed by atoms with Gasteiger partial charge in [0.15, 0.2) is 5.78 Å². The highest BCUT2D eigenvalue weighted by molar-refractivity contribution is 6.34. The van der Waals surface area contributed by atoms with Crippen molar-refractivity contribution in [3.8, 4) is 5.75 Å². The monoisotopic (exact) mass is 262 g/mol. The number of alkyl halides is 3. The lowest BCUT2D eigenvalue weighted by Crippen LogP contribution is -2.24. The van der Waals surface area contributed by atoms with Gasteiger partial charge in [-0.1, -0.05) is 0 Å². The molecule has 0 aliphatic heterocycles. The van der Waals surface area contributed by atoms with Gasteiger partial charge in [0.05, 0.1) is 13.5 Å². The van der Waals surface area contributed by atoms with Gasteiger partial charge < -0.3 is 4.74 Å². The fourth-order valence-electron chi connectivity index (χ4n) is 1.13. The van der Waals surface area contributed by atoms with Crippen molar-refractivity contribution in [3.05, 3.63) is 29.8 Å². The third-order valence-corrected chi connectivity index (χ3v) is 2.26. The maximum Gasteiger partial charge on any atom is 0.380 e. The lowest BCUT2D eigenvalue weighted by Gasteiger charge is -2.06. The molecule has 92 valence electrons. The van der Waals surface area contributed by atoms with E-state index in [1.807, 2.05) is 0 Å². The summed E-state index contributed by atoms with van der Waals surface area (Å²) >= 11 is 4.51. The van der Waals surface area contributed by atoms with Crippen LogP contribution in [-0.2, 0) is 4.79 Å². The predicted molar refractivity (Wildman–Crippen MR) is 57.7 cm³/mol. The second-order valence-corrected chi connectivity index (χ2v) is 3.72.